The van der Waals surface area contributed by atoms with Gasteiger partial charge in [0.1, 0.15) is 0 Å². The number of halogens is 1. The number of hydrogen-bond acceptors (Lipinski definition) is 5. The molecular formula is C21H29IN6O. The fourth-order valence-electron chi connectivity index (χ4n) is 3.96. The normalized spacial score (nSPS) is 17.5. The van der Waals surface area contributed by atoms with Gasteiger partial charge in [-0.2, -0.15) is 0 Å². The molecule has 1 fully saturated rings. The van der Waals surface area contributed by atoms with Gasteiger partial charge in [-0.15, -0.1) is 0 Å². The van der Waals surface area contributed by atoms with Crippen molar-refractivity contribution in [2.24, 2.45) is 0 Å². The zero-order valence-electron chi connectivity index (χ0n) is 16.8. The zero-order chi connectivity index (χ0) is 20.1. The molecule has 0 saturated carbocycles. The Kier molecular flexibility index (Phi) is 6.81. The zero-order valence-corrected chi connectivity index (χ0v) is 18.9. The number of rotatable bonds is 8. The van der Waals surface area contributed by atoms with Crippen molar-refractivity contribution in [2.45, 2.75) is 44.7 Å². The van der Waals surface area contributed by atoms with Crippen LogP contribution in [0.25, 0.3) is 11.0 Å². The number of aromatic amines is 1. The Bertz CT molecular complexity index is 964. The molecule has 0 radical (unpaired) electrons. The number of aromatic nitrogens is 4. The van der Waals surface area contributed by atoms with E-state index < -0.39 is 20.1 Å². The van der Waals surface area contributed by atoms with E-state index in [1.54, 1.807) is 6.33 Å². The van der Waals surface area contributed by atoms with Crippen LogP contribution in [0.5, 0.6) is 0 Å². The topological polar surface area (TPSA) is 87.6 Å². The third-order valence-corrected chi connectivity index (χ3v) is 11.0. The van der Waals surface area contributed by atoms with E-state index in [0.29, 0.717) is 6.04 Å². The number of imidazole rings is 1. The molecule has 1 aliphatic heterocycles. The molecule has 8 heteroatoms. The summed E-state index contributed by atoms with van der Waals surface area (Å²) in [6.45, 7) is 3.17. The molecule has 4 rings (SSSR count). The third-order valence-electron chi connectivity index (χ3n) is 5.52. The Morgan fingerprint density at radius 3 is 2.76 bits per heavy atom. The first-order chi connectivity index (χ1) is 14.2. The molecule has 156 valence electrons. The second-order valence-electron chi connectivity index (χ2n) is 7.43. The van der Waals surface area contributed by atoms with Crippen LogP contribution in [-0.2, 0) is 0 Å². The van der Waals surface area contributed by atoms with Crippen LogP contribution in [-0.4, -0.2) is 41.0 Å². The number of hydrogen-bond donors (Lipinski definition) is 3. The van der Waals surface area contributed by atoms with E-state index in [1.807, 2.05) is 41.2 Å². The van der Waals surface area contributed by atoms with Crippen LogP contribution in [0.3, 0.4) is 0 Å². The van der Waals surface area contributed by atoms with Crippen molar-refractivity contribution in [1.82, 2.24) is 23.0 Å². The molecule has 3 heterocycles. The van der Waals surface area contributed by atoms with Crippen molar-refractivity contribution in [1.29, 1.82) is 0 Å². The molecule has 1 atom stereocenters. The van der Waals surface area contributed by atoms with E-state index in [2.05, 4.69) is 30.7 Å². The van der Waals surface area contributed by atoms with Crippen LogP contribution in [0.1, 0.15) is 38.6 Å². The van der Waals surface area contributed by atoms with Gasteiger partial charge in [0.2, 0.25) is 0 Å². The molecule has 3 N–H and O–H groups in total. The van der Waals surface area contributed by atoms with Crippen molar-refractivity contribution in [3.05, 3.63) is 53.5 Å². The minimum absolute atomic E-state index is 0.00772. The molecule has 29 heavy (non-hydrogen) atoms. The van der Waals surface area contributed by atoms with Gasteiger partial charge in [-0.05, 0) is 0 Å². The summed E-state index contributed by atoms with van der Waals surface area (Å²) >= 11 is -1.09. The molecule has 1 saturated heterocycles. The van der Waals surface area contributed by atoms with Gasteiger partial charge in [0, 0.05) is 0 Å². The van der Waals surface area contributed by atoms with Gasteiger partial charge in [-0.1, -0.05) is 0 Å². The van der Waals surface area contributed by atoms with Gasteiger partial charge in [-0.3, -0.25) is 0 Å². The minimum atomic E-state index is -1.09. The third kappa shape index (κ3) is 4.98. The first kappa shape index (κ1) is 20.3. The monoisotopic (exact) mass is 508 g/mol. The molecule has 1 aromatic carbocycles. The number of anilines is 1. The summed E-state index contributed by atoms with van der Waals surface area (Å²) in [5, 5.41) is 3.56. The molecule has 1 unspecified atom stereocenters. The molecule has 2 aromatic heterocycles. The summed E-state index contributed by atoms with van der Waals surface area (Å²) in [5.41, 5.74) is 2.96. The molecule has 3 aromatic rings. The summed E-state index contributed by atoms with van der Waals surface area (Å²) in [4.78, 5) is 23.6. The SMILES string of the molecule is CCC(CCNI1CCC(Nc2cncnc2)CC1)n1c(=O)[nH]c2ccccc21. The number of benzene rings is 1. The fourth-order valence-corrected chi connectivity index (χ4v) is 9.34. The van der Waals surface area contributed by atoms with Crippen LogP contribution in [0, 0.1) is 0 Å². The summed E-state index contributed by atoms with van der Waals surface area (Å²) in [7, 11) is 0. The van der Waals surface area contributed by atoms with Gasteiger partial charge in [-0.25, -0.2) is 0 Å². The number of fused-ring (bicyclic) bond motifs is 1. The average molecular weight is 508 g/mol. The molecule has 0 spiro atoms. The number of nitrogens with one attached hydrogen (secondary N) is 3. The van der Waals surface area contributed by atoms with Gasteiger partial charge in [0.15, 0.2) is 0 Å². The van der Waals surface area contributed by atoms with Gasteiger partial charge in [0.25, 0.3) is 0 Å². The fraction of sp³-hybridized carbons (Fsp3) is 0.476. The van der Waals surface area contributed by atoms with Crippen LogP contribution < -0.4 is 14.5 Å². The molecule has 1 aliphatic rings. The number of H-pyrrole nitrogens is 1. The number of nitrogens with zero attached hydrogens (tertiary/aromatic N) is 3. The first-order valence-electron chi connectivity index (χ1n) is 10.3. The van der Waals surface area contributed by atoms with Crippen LogP contribution >= 0.6 is 20.1 Å². The van der Waals surface area contributed by atoms with Gasteiger partial charge < -0.3 is 0 Å². The maximum atomic E-state index is 12.5. The van der Waals surface area contributed by atoms with Crippen LogP contribution in [0.2, 0.25) is 0 Å². The molecular weight excluding hydrogens is 479 g/mol. The summed E-state index contributed by atoms with van der Waals surface area (Å²) < 4.78 is 8.46. The van der Waals surface area contributed by atoms with E-state index in [-0.39, 0.29) is 11.7 Å². The quantitative estimate of drug-likeness (QED) is 0.245. The Labute approximate surface area is 178 Å². The van der Waals surface area contributed by atoms with E-state index in [9.17, 15) is 4.79 Å². The first-order valence-corrected chi connectivity index (χ1v) is 14.4. The molecule has 0 amide bonds. The van der Waals surface area contributed by atoms with Crippen LogP contribution in [0.15, 0.2) is 47.8 Å². The number of para-hydroxylation sites is 2. The number of alkyl halides is 2. The van der Waals surface area contributed by atoms with Crippen molar-refractivity contribution in [3.63, 3.8) is 0 Å². The molecule has 7 nitrogen and oxygen atoms in total. The van der Waals surface area contributed by atoms with Crippen molar-refractivity contribution in [3.8, 4) is 0 Å². The van der Waals surface area contributed by atoms with Crippen molar-refractivity contribution >= 4 is 36.8 Å². The summed E-state index contributed by atoms with van der Waals surface area (Å²) in [6, 6.07) is 8.74. The summed E-state index contributed by atoms with van der Waals surface area (Å²) in [6.07, 6.45) is 9.63. The van der Waals surface area contributed by atoms with E-state index >= 15 is 0 Å². The Morgan fingerprint density at radius 2 is 2.00 bits per heavy atom. The second kappa shape index (κ2) is 9.71. The Morgan fingerprint density at radius 1 is 1.24 bits per heavy atom. The van der Waals surface area contributed by atoms with E-state index in [4.69, 9.17) is 0 Å². The molecule has 0 bridgehead atoms. The second-order valence-corrected chi connectivity index (χ2v) is 13.0. The molecule has 0 aliphatic carbocycles. The summed E-state index contributed by atoms with van der Waals surface area (Å²) in [5.74, 6) is 0. The average Bonchev–Trinajstić information content (AvgIpc) is 3.09. The Balaban J connectivity index is 1.26. The van der Waals surface area contributed by atoms with E-state index in [0.717, 1.165) is 36.1 Å². The van der Waals surface area contributed by atoms with Crippen molar-refractivity contribution < 1.29 is 0 Å². The standard InChI is InChI=1S/C21H29IN6O/c1-2-18(28-20-6-4-3-5-19(20)27-21(28)29)9-12-25-22-10-7-16(8-11-22)26-17-13-23-15-24-14-17/h3-6,13-16,18,25-26H,2,7-12H2,1H3,(H,27,29). The predicted octanol–water partition coefficient (Wildman–Crippen LogP) is 3.75. The maximum absolute atomic E-state index is 12.5. The predicted molar refractivity (Wildman–Crippen MR) is 127 cm³/mol. The Hall–Kier alpha value is -1.94. The van der Waals surface area contributed by atoms with Crippen LogP contribution in [0.4, 0.5) is 5.69 Å². The van der Waals surface area contributed by atoms with Gasteiger partial charge in [0.05, 0.1) is 0 Å². The van der Waals surface area contributed by atoms with Gasteiger partial charge >= 0.3 is 179 Å². The van der Waals surface area contributed by atoms with Crippen molar-refractivity contribution in [2.75, 3.05) is 20.7 Å². The van der Waals surface area contributed by atoms with E-state index in [1.165, 1.54) is 21.7 Å².